The van der Waals surface area contributed by atoms with E-state index >= 15 is 0 Å². The number of rotatable bonds is 2. The third kappa shape index (κ3) is 5.28. The van der Waals surface area contributed by atoms with Gasteiger partial charge in [0, 0.05) is 55.5 Å². The molecule has 16 aromatic rings. The van der Waals surface area contributed by atoms with E-state index in [4.69, 9.17) is 18.8 Å². The Bertz CT molecular complexity index is 4830. The second kappa shape index (κ2) is 15.0. The fraction of sp³-hybridized carbons (Fsp3) is 0. The predicted octanol–water partition coefficient (Wildman–Crippen LogP) is 15.1. The van der Waals surface area contributed by atoms with E-state index in [1.165, 1.54) is 75.7 Å². The summed E-state index contributed by atoms with van der Waals surface area (Å²) < 4.78 is 18.9. The molecular formula is C70H40N4O2Si. The molecule has 1 spiro atoms. The van der Waals surface area contributed by atoms with E-state index in [1.807, 2.05) is 12.4 Å². The molecule has 2 aliphatic heterocycles. The smallest absolute Gasteiger partial charge is 0.182 e. The van der Waals surface area contributed by atoms with Gasteiger partial charge in [-0.05, 0) is 126 Å². The molecular weight excluding hydrogens is 957 g/mol. The van der Waals surface area contributed by atoms with E-state index in [0.29, 0.717) is 0 Å². The van der Waals surface area contributed by atoms with Crippen molar-refractivity contribution in [3.8, 4) is 56.1 Å². The third-order valence-electron chi connectivity index (χ3n) is 17.1. The zero-order valence-electron chi connectivity index (χ0n) is 41.2. The summed E-state index contributed by atoms with van der Waals surface area (Å²) in [6.45, 7) is 0. The van der Waals surface area contributed by atoms with Crippen LogP contribution in [-0.2, 0) is 0 Å². The molecule has 0 fully saturated rings. The Labute approximate surface area is 441 Å². The van der Waals surface area contributed by atoms with Gasteiger partial charge in [0.1, 0.15) is 11.2 Å². The molecule has 10 aromatic carbocycles. The quantitative estimate of drug-likeness (QED) is 0.162. The van der Waals surface area contributed by atoms with E-state index in [2.05, 4.69) is 240 Å². The Morgan fingerprint density at radius 1 is 0.273 bits per heavy atom. The summed E-state index contributed by atoms with van der Waals surface area (Å²) in [5.74, 6) is 1.56. The van der Waals surface area contributed by atoms with Crippen molar-refractivity contribution >= 4 is 116 Å². The molecule has 6 nitrogen and oxygen atoms in total. The van der Waals surface area contributed by atoms with Crippen LogP contribution in [0.15, 0.2) is 252 Å². The van der Waals surface area contributed by atoms with Crippen molar-refractivity contribution in [1.82, 2.24) is 19.1 Å². The lowest BCUT2D eigenvalue weighted by Crippen LogP contribution is -2.75. The maximum atomic E-state index is 7.17. The van der Waals surface area contributed by atoms with Crippen molar-refractivity contribution in [3.05, 3.63) is 243 Å². The van der Waals surface area contributed by atoms with Crippen LogP contribution in [0, 0.1) is 0 Å². The molecule has 77 heavy (non-hydrogen) atoms. The summed E-state index contributed by atoms with van der Waals surface area (Å²) in [6, 6.07) is 85.0. The first-order chi connectivity index (χ1) is 38.2. The number of pyridine rings is 2. The van der Waals surface area contributed by atoms with Gasteiger partial charge in [0.15, 0.2) is 30.9 Å². The molecule has 0 unspecified atom stereocenters. The van der Waals surface area contributed by atoms with Gasteiger partial charge in [-0.3, -0.25) is 9.13 Å². The van der Waals surface area contributed by atoms with Crippen LogP contribution in [0.3, 0.4) is 0 Å². The summed E-state index contributed by atoms with van der Waals surface area (Å²) in [4.78, 5) is 10.2. The minimum atomic E-state index is -3.25. The largest absolute Gasteiger partial charge is 0.452 e. The van der Waals surface area contributed by atoms with Gasteiger partial charge < -0.3 is 8.83 Å². The van der Waals surface area contributed by atoms with Crippen molar-refractivity contribution in [3.63, 3.8) is 0 Å². The normalized spacial score (nSPS) is 13.3. The lowest BCUT2D eigenvalue weighted by atomic mass is 9.93. The summed E-state index contributed by atoms with van der Waals surface area (Å²) in [5.41, 5.74) is 17.2. The van der Waals surface area contributed by atoms with Crippen molar-refractivity contribution < 1.29 is 8.83 Å². The van der Waals surface area contributed by atoms with Crippen LogP contribution in [0.5, 0.6) is 0 Å². The van der Waals surface area contributed by atoms with Crippen LogP contribution < -0.4 is 20.7 Å². The molecule has 0 N–H and O–H groups in total. The molecule has 0 radical (unpaired) electrons. The van der Waals surface area contributed by atoms with Crippen LogP contribution in [0.4, 0.5) is 0 Å². The van der Waals surface area contributed by atoms with Gasteiger partial charge >= 0.3 is 0 Å². The molecule has 0 saturated carbocycles. The summed E-state index contributed by atoms with van der Waals surface area (Å²) in [6.07, 6.45) is 3.87. The molecule has 6 aromatic heterocycles. The first-order valence-corrected chi connectivity index (χ1v) is 28.3. The van der Waals surface area contributed by atoms with Crippen molar-refractivity contribution in [1.29, 1.82) is 0 Å². The Hall–Kier alpha value is -10.1. The number of aromatic nitrogens is 4. The minimum absolute atomic E-state index is 0.767. The van der Waals surface area contributed by atoms with E-state index in [-0.39, 0.29) is 0 Å². The maximum Gasteiger partial charge on any atom is 0.182 e. The molecule has 0 amide bonds. The Kier molecular flexibility index (Phi) is 8.06. The molecule has 18 rings (SSSR count). The Morgan fingerprint density at radius 3 is 0.922 bits per heavy atom. The third-order valence-corrected chi connectivity index (χ3v) is 22.1. The zero-order valence-corrected chi connectivity index (χ0v) is 42.2. The predicted molar refractivity (Wildman–Crippen MR) is 318 cm³/mol. The minimum Gasteiger partial charge on any atom is -0.452 e. The monoisotopic (exact) mass is 996 g/mol. The second-order valence-corrected chi connectivity index (χ2v) is 24.3. The zero-order chi connectivity index (χ0) is 50.1. The van der Waals surface area contributed by atoms with Gasteiger partial charge in [-0.15, -0.1) is 0 Å². The second-order valence-electron chi connectivity index (χ2n) is 20.7. The standard InChI is InChI=1S/C70H40N4O2Si/c1-9-25-57-41(17-1)42-18-2-10-26-58(42)73(57)69-67-49(33-35-71-69)55-37-51-45-21-5-13-29-63(45)77(65-31-15-7-23-47(65)53(51)39-61(55)75-67)64-30-14-6-22-46(64)52-38-56-50-34-36-72-70(68(50)76-62(56)40-54(52)48-24-8-16-32-66(48)77)74-59-27-11-3-19-43(59)44-20-4-12-28-60(44)74/h1-40H. The Morgan fingerprint density at radius 2 is 0.571 bits per heavy atom. The van der Waals surface area contributed by atoms with Gasteiger partial charge in [0.25, 0.3) is 0 Å². The van der Waals surface area contributed by atoms with Crippen molar-refractivity contribution in [2.24, 2.45) is 0 Å². The summed E-state index contributed by atoms with van der Waals surface area (Å²) in [7, 11) is -3.25. The SMILES string of the molecule is c1ccc2c(c1)-c1cc3oc4c(-n5c6ccccc6c6ccccc65)nccc4c3cc1-c1ccccc1[Si]21c2ccccc2-c2cc3oc4c(-n5c6ccccc6c6ccccc65)nccc4c3cc2-c2ccccc21. The van der Waals surface area contributed by atoms with E-state index < -0.39 is 8.07 Å². The molecule has 2 aliphatic rings. The van der Waals surface area contributed by atoms with Gasteiger partial charge in [0.05, 0.1) is 22.1 Å². The van der Waals surface area contributed by atoms with Gasteiger partial charge in [-0.2, -0.15) is 0 Å². The maximum absolute atomic E-state index is 7.17. The van der Waals surface area contributed by atoms with E-state index in [9.17, 15) is 0 Å². The van der Waals surface area contributed by atoms with Crippen LogP contribution >= 0.6 is 0 Å². The van der Waals surface area contributed by atoms with Crippen molar-refractivity contribution in [2.45, 2.75) is 0 Å². The number of hydrogen-bond acceptors (Lipinski definition) is 4. The fourth-order valence-electron chi connectivity index (χ4n) is 14.0. The lowest BCUT2D eigenvalue weighted by Gasteiger charge is -2.37. The molecule has 0 aliphatic carbocycles. The fourth-order valence-corrected chi connectivity index (χ4v) is 19.6. The molecule has 356 valence electrons. The molecule has 0 bridgehead atoms. The highest BCUT2D eigenvalue weighted by Gasteiger charge is 2.50. The van der Waals surface area contributed by atoms with Gasteiger partial charge in [-0.1, -0.05) is 170 Å². The topological polar surface area (TPSA) is 61.9 Å². The van der Waals surface area contributed by atoms with E-state index in [1.54, 1.807) is 0 Å². The van der Waals surface area contributed by atoms with Gasteiger partial charge in [0.2, 0.25) is 0 Å². The van der Waals surface area contributed by atoms with Crippen LogP contribution in [0.25, 0.3) is 144 Å². The van der Waals surface area contributed by atoms with E-state index in [0.717, 1.165) is 88.7 Å². The molecule has 7 heteroatoms. The first kappa shape index (κ1) is 41.3. The average Bonchev–Trinajstić information content (AvgIpc) is 4.40. The van der Waals surface area contributed by atoms with Gasteiger partial charge in [-0.25, -0.2) is 9.97 Å². The number of para-hydroxylation sites is 4. The molecule has 0 atom stereocenters. The highest BCUT2D eigenvalue weighted by atomic mass is 28.3. The van der Waals surface area contributed by atoms with Crippen LogP contribution in [-0.4, -0.2) is 27.2 Å². The molecule has 8 heterocycles. The number of furan rings is 2. The molecule has 0 saturated heterocycles. The van der Waals surface area contributed by atoms with Crippen LogP contribution in [0.2, 0.25) is 0 Å². The summed E-state index contributed by atoms with van der Waals surface area (Å²) >= 11 is 0. The number of benzene rings is 10. The average molecular weight is 997 g/mol. The Balaban J connectivity index is 0.892. The van der Waals surface area contributed by atoms with Crippen molar-refractivity contribution in [2.75, 3.05) is 0 Å². The lowest BCUT2D eigenvalue weighted by molar-refractivity contribution is 0.663. The highest BCUT2D eigenvalue weighted by molar-refractivity contribution is 7.22. The van der Waals surface area contributed by atoms with Crippen LogP contribution in [0.1, 0.15) is 0 Å². The number of fused-ring (bicyclic) bond motifs is 26. The number of nitrogens with zero attached hydrogens (tertiary/aromatic N) is 4. The summed E-state index contributed by atoms with van der Waals surface area (Å²) in [5, 5.41) is 14.3. The number of hydrogen-bond donors (Lipinski definition) is 0. The first-order valence-electron chi connectivity index (χ1n) is 26.3. The highest BCUT2D eigenvalue weighted by Crippen LogP contribution is 2.47.